The van der Waals surface area contributed by atoms with Crippen LogP contribution in [0.15, 0.2) is 75.9 Å². The minimum absolute atomic E-state index is 0.00517. The van der Waals surface area contributed by atoms with Crippen LogP contribution in [0.4, 0.5) is 17.2 Å². The molecule has 7 nitrogen and oxygen atoms in total. The van der Waals surface area contributed by atoms with E-state index < -0.39 is 10.0 Å². The van der Waals surface area contributed by atoms with Crippen molar-refractivity contribution in [2.24, 2.45) is 10.2 Å². The maximum atomic E-state index is 12.4. The summed E-state index contributed by atoms with van der Waals surface area (Å²) in [7, 11) is -3.74. The molecule has 138 valence electrons. The molecule has 3 rings (SSSR count). The molecule has 0 atom stereocenters. The molecule has 0 aliphatic rings. The van der Waals surface area contributed by atoms with Gasteiger partial charge in [0.05, 0.1) is 21.3 Å². The Morgan fingerprint density at radius 3 is 2.37 bits per heavy atom. The predicted octanol–water partition coefficient (Wildman–Crippen LogP) is 4.97. The van der Waals surface area contributed by atoms with E-state index >= 15 is 0 Å². The fraction of sp³-hybridized carbons (Fsp3) is 0.0556. The molecule has 0 aliphatic carbocycles. The number of phenolic OH excluding ortho intramolecular Hbond substituents is 1. The molecule has 0 saturated heterocycles. The summed E-state index contributed by atoms with van der Waals surface area (Å²) in [6.45, 7) is 1.70. The molecule has 27 heavy (non-hydrogen) atoms. The molecule has 0 spiro atoms. The standard InChI is InChI=1S/C18H15ClN4O3S/c1-12-10-14(11-16(19)18(12)24)22-21-13-5-7-15(8-6-13)27(25,26)23-17-4-2-3-9-20-17/h2-11,24H,1H3,(H,20,23)/b22-21+. The Morgan fingerprint density at radius 2 is 1.74 bits per heavy atom. The lowest BCUT2D eigenvalue weighted by molar-refractivity contribution is 0.471. The van der Waals surface area contributed by atoms with Gasteiger partial charge in [0.15, 0.2) is 0 Å². The number of rotatable bonds is 5. The lowest BCUT2D eigenvalue weighted by atomic mass is 10.2. The Balaban J connectivity index is 1.77. The van der Waals surface area contributed by atoms with Crippen LogP contribution in [0.5, 0.6) is 5.75 Å². The molecule has 0 radical (unpaired) electrons. The number of azo groups is 1. The van der Waals surface area contributed by atoms with Crippen LogP contribution in [0.1, 0.15) is 5.56 Å². The van der Waals surface area contributed by atoms with Gasteiger partial charge in [-0.1, -0.05) is 17.7 Å². The van der Waals surface area contributed by atoms with Crippen LogP contribution in [0, 0.1) is 6.92 Å². The Bertz CT molecular complexity index is 1060. The van der Waals surface area contributed by atoms with Gasteiger partial charge in [0.25, 0.3) is 10.0 Å². The molecular weight excluding hydrogens is 388 g/mol. The fourth-order valence-electron chi connectivity index (χ4n) is 2.20. The second-order valence-corrected chi connectivity index (χ2v) is 7.70. The van der Waals surface area contributed by atoms with E-state index in [1.165, 1.54) is 36.5 Å². The summed E-state index contributed by atoms with van der Waals surface area (Å²) in [6, 6.07) is 14.0. The SMILES string of the molecule is Cc1cc(/N=N/c2ccc(S(=O)(=O)Nc3ccccn3)cc2)cc(Cl)c1O. The minimum Gasteiger partial charge on any atom is -0.506 e. The summed E-state index contributed by atoms with van der Waals surface area (Å²) in [5, 5.41) is 17.9. The Hall–Kier alpha value is -2.97. The van der Waals surface area contributed by atoms with Crippen LogP contribution in [0.2, 0.25) is 5.02 Å². The predicted molar refractivity (Wildman–Crippen MR) is 104 cm³/mol. The van der Waals surface area contributed by atoms with E-state index in [2.05, 4.69) is 19.9 Å². The summed E-state index contributed by atoms with van der Waals surface area (Å²) in [6.07, 6.45) is 1.50. The number of aryl methyl sites for hydroxylation is 1. The average molecular weight is 403 g/mol. The first-order valence-corrected chi connectivity index (χ1v) is 9.66. The van der Waals surface area contributed by atoms with Gasteiger partial charge in [0, 0.05) is 6.20 Å². The number of sulfonamides is 1. The van der Waals surface area contributed by atoms with Crippen LogP contribution in [0.25, 0.3) is 0 Å². The first-order chi connectivity index (χ1) is 12.8. The van der Waals surface area contributed by atoms with Gasteiger partial charge in [-0.15, -0.1) is 0 Å². The van der Waals surface area contributed by atoms with Crippen molar-refractivity contribution in [3.8, 4) is 5.75 Å². The number of hydrogen-bond donors (Lipinski definition) is 2. The molecule has 9 heteroatoms. The molecule has 0 amide bonds. The van der Waals surface area contributed by atoms with E-state index in [0.717, 1.165) is 0 Å². The molecule has 1 heterocycles. The van der Waals surface area contributed by atoms with E-state index in [1.54, 1.807) is 31.2 Å². The smallest absolute Gasteiger partial charge is 0.263 e. The number of benzene rings is 2. The number of hydrogen-bond acceptors (Lipinski definition) is 6. The zero-order chi connectivity index (χ0) is 19.4. The summed E-state index contributed by atoms with van der Waals surface area (Å²) >= 11 is 5.91. The highest BCUT2D eigenvalue weighted by Crippen LogP contribution is 2.32. The van der Waals surface area contributed by atoms with Crippen LogP contribution < -0.4 is 4.72 Å². The topological polar surface area (TPSA) is 104 Å². The van der Waals surface area contributed by atoms with E-state index in [1.807, 2.05) is 0 Å². The Kier molecular flexibility index (Phi) is 5.38. The van der Waals surface area contributed by atoms with Crippen molar-refractivity contribution in [2.45, 2.75) is 11.8 Å². The zero-order valence-electron chi connectivity index (χ0n) is 14.2. The van der Waals surface area contributed by atoms with Gasteiger partial charge in [-0.05, 0) is 61.0 Å². The van der Waals surface area contributed by atoms with E-state index in [-0.39, 0.29) is 21.5 Å². The molecule has 0 aliphatic heterocycles. The van der Waals surface area contributed by atoms with Crippen molar-refractivity contribution >= 4 is 38.8 Å². The highest BCUT2D eigenvalue weighted by Gasteiger charge is 2.14. The summed E-state index contributed by atoms with van der Waals surface area (Å²) < 4.78 is 27.1. The zero-order valence-corrected chi connectivity index (χ0v) is 15.7. The Labute approximate surface area is 161 Å². The van der Waals surface area contributed by atoms with Crippen LogP contribution in [0.3, 0.4) is 0 Å². The number of aromatic nitrogens is 1. The van der Waals surface area contributed by atoms with Crippen molar-refractivity contribution in [3.05, 3.63) is 71.4 Å². The largest absolute Gasteiger partial charge is 0.506 e. The molecule has 1 aromatic heterocycles. The summed E-state index contributed by atoms with van der Waals surface area (Å²) in [4.78, 5) is 4.02. The molecule has 0 bridgehead atoms. The monoisotopic (exact) mass is 402 g/mol. The second kappa shape index (κ2) is 7.73. The summed E-state index contributed by atoms with van der Waals surface area (Å²) in [5.41, 5.74) is 1.52. The minimum atomic E-state index is -3.74. The van der Waals surface area contributed by atoms with Crippen molar-refractivity contribution in [2.75, 3.05) is 4.72 Å². The van der Waals surface area contributed by atoms with Gasteiger partial charge < -0.3 is 5.11 Å². The number of nitrogens with zero attached hydrogens (tertiary/aromatic N) is 3. The lowest BCUT2D eigenvalue weighted by Gasteiger charge is -2.07. The third-order valence-corrected chi connectivity index (χ3v) is 5.23. The molecule has 2 aromatic carbocycles. The number of nitrogens with one attached hydrogen (secondary N) is 1. The quantitative estimate of drug-likeness (QED) is 0.588. The maximum Gasteiger partial charge on any atom is 0.263 e. The highest BCUT2D eigenvalue weighted by molar-refractivity contribution is 7.92. The van der Waals surface area contributed by atoms with Crippen LogP contribution in [-0.4, -0.2) is 18.5 Å². The van der Waals surface area contributed by atoms with Crippen molar-refractivity contribution in [3.63, 3.8) is 0 Å². The lowest BCUT2D eigenvalue weighted by Crippen LogP contribution is -2.13. The first-order valence-electron chi connectivity index (χ1n) is 7.80. The summed E-state index contributed by atoms with van der Waals surface area (Å²) in [5.74, 6) is 0.242. The van der Waals surface area contributed by atoms with E-state index in [0.29, 0.717) is 16.9 Å². The maximum absolute atomic E-state index is 12.4. The average Bonchev–Trinajstić information content (AvgIpc) is 2.65. The number of halogens is 1. The molecule has 3 aromatic rings. The van der Waals surface area contributed by atoms with Gasteiger partial charge in [-0.2, -0.15) is 10.2 Å². The first kappa shape index (κ1) is 18.8. The van der Waals surface area contributed by atoms with Gasteiger partial charge >= 0.3 is 0 Å². The van der Waals surface area contributed by atoms with Crippen LogP contribution in [-0.2, 0) is 10.0 Å². The normalized spacial score (nSPS) is 11.6. The Morgan fingerprint density at radius 1 is 1.04 bits per heavy atom. The van der Waals surface area contributed by atoms with Gasteiger partial charge in [-0.3, -0.25) is 4.72 Å². The van der Waals surface area contributed by atoms with Crippen molar-refractivity contribution in [1.82, 2.24) is 4.98 Å². The second-order valence-electron chi connectivity index (χ2n) is 5.61. The molecule has 0 saturated carbocycles. The van der Waals surface area contributed by atoms with Crippen molar-refractivity contribution in [1.29, 1.82) is 0 Å². The van der Waals surface area contributed by atoms with Gasteiger partial charge in [0.1, 0.15) is 11.6 Å². The molecule has 0 unspecified atom stereocenters. The third-order valence-electron chi connectivity index (χ3n) is 3.57. The number of aromatic hydroxyl groups is 1. The van der Waals surface area contributed by atoms with Crippen LogP contribution >= 0.6 is 11.6 Å². The van der Waals surface area contributed by atoms with E-state index in [9.17, 15) is 13.5 Å². The van der Waals surface area contributed by atoms with E-state index in [4.69, 9.17) is 11.6 Å². The molecule has 0 fully saturated rings. The third kappa shape index (κ3) is 4.60. The molecule has 2 N–H and O–H groups in total. The number of phenols is 1. The van der Waals surface area contributed by atoms with Crippen molar-refractivity contribution < 1.29 is 13.5 Å². The number of anilines is 1. The number of pyridine rings is 1. The molecular formula is C18H15ClN4O3S. The fourth-order valence-corrected chi connectivity index (χ4v) is 3.47. The van der Waals surface area contributed by atoms with Gasteiger partial charge in [-0.25, -0.2) is 13.4 Å². The highest BCUT2D eigenvalue weighted by atomic mass is 35.5. The van der Waals surface area contributed by atoms with Gasteiger partial charge in [0.2, 0.25) is 0 Å².